The number of aryl methyl sites for hydroxylation is 3. The zero-order valence-electron chi connectivity index (χ0n) is 24.1. The Bertz CT molecular complexity index is 1570. The van der Waals surface area contributed by atoms with Crippen LogP contribution in [0, 0.1) is 19.3 Å². The molecule has 0 bridgehead atoms. The number of aromatic nitrogens is 5. The predicted molar refractivity (Wildman–Crippen MR) is 148 cm³/mol. The summed E-state index contributed by atoms with van der Waals surface area (Å²) in [6.45, 7) is 9.89. The molecule has 0 aliphatic carbocycles. The van der Waals surface area contributed by atoms with E-state index in [0.717, 1.165) is 22.9 Å². The number of nitrogens with one attached hydrogen (secondary N) is 1. The number of nitrogens with zero attached hydrogens (tertiary/aromatic N) is 5. The molecule has 0 fully saturated rings. The van der Waals surface area contributed by atoms with Gasteiger partial charge in [0.15, 0.2) is 0 Å². The average Bonchev–Trinajstić information content (AvgIpc) is 3.48. The molecular weight excluding hydrogens is 537 g/mol. The lowest BCUT2D eigenvalue weighted by Crippen LogP contribution is -2.19. The van der Waals surface area contributed by atoms with Crippen molar-refractivity contribution in [1.82, 2.24) is 24.8 Å². The SMILES string of the molecule is COc1c(CCC(C)(C)C)cc(OC(F)(F)F)cc1NC(=O)c1ccc(C)c(-n2cc(-c3cnn(C)c3C)nn2)c1. The molecule has 1 N–H and O–H groups in total. The quantitative estimate of drug-likeness (QED) is 0.263. The predicted octanol–water partition coefficient (Wildman–Crippen LogP) is 6.42. The van der Waals surface area contributed by atoms with Gasteiger partial charge < -0.3 is 14.8 Å². The van der Waals surface area contributed by atoms with E-state index in [1.807, 2.05) is 41.7 Å². The zero-order valence-corrected chi connectivity index (χ0v) is 24.1. The van der Waals surface area contributed by atoms with Crippen molar-refractivity contribution in [2.24, 2.45) is 12.5 Å². The van der Waals surface area contributed by atoms with Crippen LogP contribution >= 0.6 is 0 Å². The van der Waals surface area contributed by atoms with Crippen LogP contribution in [0.1, 0.15) is 54.4 Å². The number of carbonyl (C=O) groups is 1. The molecule has 2 aromatic heterocycles. The van der Waals surface area contributed by atoms with Gasteiger partial charge in [0.1, 0.15) is 17.2 Å². The van der Waals surface area contributed by atoms with E-state index in [2.05, 4.69) is 25.5 Å². The van der Waals surface area contributed by atoms with Crippen molar-refractivity contribution in [3.05, 3.63) is 65.1 Å². The van der Waals surface area contributed by atoms with Crippen LogP contribution in [-0.2, 0) is 13.5 Å². The minimum atomic E-state index is -4.89. The van der Waals surface area contributed by atoms with E-state index in [1.54, 1.807) is 40.0 Å². The third-order valence-electron chi connectivity index (χ3n) is 6.69. The molecule has 9 nitrogen and oxygen atoms in total. The lowest BCUT2D eigenvalue weighted by molar-refractivity contribution is -0.274. The number of amides is 1. The summed E-state index contributed by atoms with van der Waals surface area (Å²) in [6, 6.07) is 7.43. The highest BCUT2D eigenvalue weighted by Crippen LogP contribution is 2.38. The van der Waals surface area contributed by atoms with Crippen LogP contribution in [0.3, 0.4) is 0 Å². The number of alkyl halides is 3. The van der Waals surface area contributed by atoms with Crippen molar-refractivity contribution in [2.75, 3.05) is 12.4 Å². The summed E-state index contributed by atoms with van der Waals surface area (Å²) in [5.41, 5.74) is 4.58. The first-order valence-electron chi connectivity index (χ1n) is 13.0. The summed E-state index contributed by atoms with van der Waals surface area (Å²) < 4.78 is 52.4. The van der Waals surface area contributed by atoms with E-state index in [-0.39, 0.29) is 22.4 Å². The number of ether oxygens (including phenoxy) is 2. The maximum Gasteiger partial charge on any atom is 0.573 e. The van der Waals surface area contributed by atoms with Gasteiger partial charge in [-0.25, -0.2) is 4.68 Å². The molecule has 0 aliphatic rings. The Morgan fingerprint density at radius 1 is 1.10 bits per heavy atom. The Morgan fingerprint density at radius 3 is 2.44 bits per heavy atom. The fraction of sp³-hybridized carbons (Fsp3) is 0.379. The Hall–Kier alpha value is -4.35. The number of benzene rings is 2. The molecule has 41 heavy (non-hydrogen) atoms. The lowest BCUT2D eigenvalue weighted by Gasteiger charge is -2.21. The average molecular weight is 571 g/mol. The molecular formula is C29H33F3N6O3. The van der Waals surface area contributed by atoms with Crippen molar-refractivity contribution in [2.45, 2.75) is 53.8 Å². The molecule has 0 spiro atoms. The molecule has 0 saturated heterocycles. The molecule has 4 rings (SSSR count). The van der Waals surface area contributed by atoms with Gasteiger partial charge in [-0.1, -0.05) is 32.1 Å². The summed E-state index contributed by atoms with van der Waals surface area (Å²) in [7, 11) is 3.25. The Balaban J connectivity index is 1.67. The molecule has 12 heteroatoms. The monoisotopic (exact) mass is 570 g/mol. The smallest absolute Gasteiger partial charge is 0.494 e. The molecule has 218 valence electrons. The molecule has 0 atom stereocenters. The first-order chi connectivity index (χ1) is 19.1. The summed E-state index contributed by atoms with van der Waals surface area (Å²) in [5.74, 6) is -0.709. The van der Waals surface area contributed by atoms with E-state index in [4.69, 9.17) is 4.74 Å². The first kappa shape index (κ1) is 29.6. The van der Waals surface area contributed by atoms with Gasteiger partial charge in [-0.2, -0.15) is 5.10 Å². The van der Waals surface area contributed by atoms with Crippen molar-refractivity contribution in [3.8, 4) is 28.4 Å². The minimum Gasteiger partial charge on any atom is -0.494 e. The third-order valence-corrected chi connectivity index (χ3v) is 6.69. The minimum absolute atomic E-state index is 0.0698. The molecule has 0 saturated carbocycles. The molecule has 0 unspecified atom stereocenters. The number of hydrogen-bond donors (Lipinski definition) is 1. The van der Waals surface area contributed by atoms with Crippen molar-refractivity contribution in [1.29, 1.82) is 0 Å². The van der Waals surface area contributed by atoms with Crippen LogP contribution in [-0.4, -0.2) is 44.2 Å². The molecule has 0 aliphatic heterocycles. The second-order valence-corrected chi connectivity index (χ2v) is 11.0. The lowest BCUT2D eigenvalue weighted by atomic mass is 9.88. The van der Waals surface area contributed by atoms with Crippen LogP contribution in [0.2, 0.25) is 0 Å². The van der Waals surface area contributed by atoms with Crippen LogP contribution in [0.15, 0.2) is 42.7 Å². The van der Waals surface area contributed by atoms with Gasteiger partial charge in [-0.3, -0.25) is 9.48 Å². The normalized spacial score (nSPS) is 12.0. The fourth-order valence-corrected chi connectivity index (χ4v) is 4.33. The van der Waals surface area contributed by atoms with Gasteiger partial charge in [0, 0.05) is 29.9 Å². The van der Waals surface area contributed by atoms with Crippen molar-refractivity contribution >= 4 is 11.6 Å². The van der Waals surface area contributed by atoms with Crippen LogP contribution < -0.4 is 14.8 Å². The second-order valence-electron chi connectivity index (χ2n) is 11.0. The molecule has 4 aromatic rings. The summed E-state index contributed by atoms with van der Waals surface area (Å²) >= 11 is 0. The van der Waals surface area contributed by atoms with Crippen LogP contribution in [0.25, 0.3) is 16.9 Å². The van der Waals surface area contributed by atoms with E-state index in [1.165, 1.54) is 13.2 Å². The third kappa shape index (κ3) is 7.05. The fourth-order valence-electron chi connectivity index (χ4n) is 4.33. The van der Waals surface area contributed by atoms with Crippen molar-refractivity contribution in [3.63, 3.8) is 0 Å². The number of carbonyl (C=O) groups excluding carboxylic acids is 1. The van der Waals surface area contributed by atoms with Gasteiger partial charge in [-0.05, 0) is 61.4 Å². The Morgan fingerprint density at radius 2 is 1.83 bits per heavy atom. The molecule has 2 heterocycles. The van der Waals surface area contributed by atoms with Gasteiger partial charge in [0.25, 0.3) is 5.91 Å². The highest BCUT2D eigenvalue weighted by atomic mass is 19.4. The molecule has 2 aromatic carbocycles. The highest BCUT2D eigenvalue weighted by Gasteiger charge is 2.32. The number of hydrogen-bond acceptors (Lipinski definition) is 6. The Kier molecular flexibility index (Phi) is 8.14. The highest BCUT2D eigenvalue weighted by molar-refractivity contribution is 6.05. The first-order valence-corrected chi connectivity index (χ1v) is 13.0. The van der Waals surface area contributed by atoms with E-state index in [0.29, 0.717) is 29.8 Å². The summed E-state index contributed by atoms with van der Waals surface area (Å²) in [5, 5.41) is 15.5. The van der Waals surface area contributed by atoms with Gasteiger partial charge >= 0.3 is 6.36 Å². The van der Waals surface area contributed by atoms with E-state index < -0.39 is 18.0 Å². The van der Waals surface area contributed by atoms with E-state index >= 15 is 0 Å². The largest absolute Gasteiger partial charge is 0.573 e. The summed E-state index contributed by atoms with van der Waals surface area (Å²) in [4.78, 5) is 13.4. The maximum absolute atomic E-state index is 13.4. The van der Waals surface area contributed by atoms with Gasteiger partial charge in [0.2, 0.25) is 0 Å². The van der Waals surface area contributed by atoms with Crippen molar-refractivity contribution < 1.29 is 27.4 Å². The maximum atomic E-state index is 13.4. The number of rotatable bonds is 8. The van der Waals surface area contributed by atoms with E-state index in [9.17, 15) is 18.0 Å². The standard InChI is InChI=1S/C29H33F3N6O3/c1-17-8-9-20(13-25(17)38-16-24(35-36-38)22-15-33-37(6)18(22)2)27(39)34-23-14-21(41-29(30,31)32)12-19(26(23)40-7)10-11-28(3,4)5/h8-9,12-16H,10-11H2,1-7H3,(H,34,39). The topological polar surface area (TPSA) is 96.1 Å². The summed E-state index contributed by atoms with van der Waals surface area (Å²) in [6.07, 6.45) is -0.346. The van der Waals surface area contributed by atoms with Crippen LogP contribution in [0.5, 0.6) is 11.5 Å². The number of methoxy groups -OCH3 is 1. The number of halogens is 3. The van der Waals surface area contributed by atoms with Gasteiger partial charge in [0.05, 0.1) is 30.9 Å². The number of anilines is 1. The zero-order chi connectivity index (χ0) is 30.1. The molecule has 1 amide bonds. The molecule has 0 radical (unpaired) electrons. The second kappa shape index (κ2) is 11.3. The van der Waals surface area contributed by atoms with Crippen LogP contribution in [0.4, 0.5) is 18.9 Å². The van der Waals surface area contributed by atoms with Gasteiger partial charge in [-0.15, -0.1) is 18.3 Å². The Labute approximate surface area is 236 Å².